The van der Waals surface area contributed by atoms with Crippen LogP contribution in [0, 0.1) is 15.9 Å². The summed E-state index contributed by atoms with van der Waals surface area (Å²) >= 11 is 0. The molecular weight excluding hydrogens is 339 g/mol. The summed E-state index contributed by atoms with van der Waals surface area (Å²) in [6.45, 7) is 0. The standard InChI is InChI=1S/C15H9FN2O5S/c16-11-1-4-13(5-2-11)24(22,23)17-8-10(9-19)14-7-12(18(20)21)3-6-15(14)17/h1-9H. The Bertz CT molecular complexity index is 1070. The molecule has 2 aromatic carbocycles. The maximum absolute atomic E-state index is 13.0. The molecule has 3 aromatic rings. The van der Waals surface area contributed by atoms with Crippen molar-refractivity contribution in [2.24, 2.45) is 0 Å². The van der Waals surface area contributed by atoms with Crippen molar-refractivity contribution in [2.75, 3.05) is 0 Å². The van der Waals surface area contributed by atoms with Gasteiger partial charge in [-0.2, -0.15) is 0 Å². The summed E-state index contributed by atoms with van der Waals surface area (Å²) in [4.78, 5) is 21.2. The van der Waals surface area contributed by atoms with Crippen molar-refractivity contribution in [3.8, 4) is 0 Å². The topological polar surface area (TPSA) is 99.3 Å². The minimum absolute atomic E-state index is 0.000568. The lowest BCUT2D eigenvalue weighted by Crippen LogP contribution is -2.11. The first-order valence-corrected chi connectivity index (χ1v) is 8.04. The molecule has 0 atom stereocenters. The van der Waals surface area contributed by atoms with E-state index in [2.05, 4.69) is 0 Å². The van der Waals surface area contributed by atoms with Crippen LogP contribution in [0.3, 0.4) is 0 Å². The maximum atomic E-state index is 13.0. The zero-order valence-corrected chi connectivity index (χ0v) is 12.7. The van der Waals surface area contributed by atoms with E-state index in [1.54, 1.807) is 0 Å². The number of benzene rings is 2. The smallest absolute Gasteiger partial charge is 0.270 e. The van der Waals surface area contributed by atoms with E-state index >= 15 is 0 Å². The Morgan fingerprint density at radius 3 is 2.38 bits per heavy atom. The SMILES string of the molecule is O=Cc1cn(S(=O)(=O)c2ccc(F)cc2)c2ccc([N+](=O)[O-])cc12. The highest BCUT2D eigenvalue weighted by Crippen LogP contribution is 2.28. The molecule has 0 unspecified atom stereocenters. The first kappa shape index (κ1) is 15.8. The van der Waals surface area contributed by atoms with Crippen molar-refractivity contribution in [1.29, 1.82) is 0 Å². The van der Waals surface area contributed by atoms with Crippen LogP contribution in [0.15, 0.2) is 53.6 Å². The fourth-order valence-corrected chi connectivity index (χ4v) is 3.72. The lowest BCUT2D eigenvalue weighted by molar-refractivity contribution is -0.384. The molecule has 1 heterocycles. The highest BCUT2D eigenvalue weighted by molar-refractivity contribution is 7.90. The van der Waals surface area contributed by atoms with Gasteiger partial charge in [0.25, 0.3) is 15.7 Å². The van der Waals surface area contributed by atoms with Gasteiger partial charge in [0, 0.05) is 29.3 Å². The van der Waals surface area contributed by atoms with E-state index < -0.39 is 20.8 Å². The highest BCUT2D eigenvalue weighted by atomic mass is 32.2. The number of non-ortho nitro benzene ring substituents is 1. The number of nitro groups is 1. The van der Waals surface area contributed by atoms with Crippen LogP contribution in [0.4, 0.5) is 10.1 Å². The van der Waals surface area contributed by atoms with Crippen molar-refractivity contribution >= 4 is 32.9 Å². The third-order valence-corrected chi connectivity index (χ3v) is 5.18. The van der Waals surface area contributed by atoms with Gasteiger partial charge in [-0.3, -0.25) is 14.9 Å². The van der Waals surface area contributed by atoms with E-state index in [0.29, 0.717) is 6.29 Å². The largest absolute Gasteiger partial charge is 0.298 e. The molecule has 0 spiro atoms. The molecule has 0 N–H and O–H groups in total. The Labute approximate surface area is 135 Å². The second kappa shape index (κ2) is 5.53. The fourth-order valence-electron chi connectivity index (χ4n) is 2.34. The molecule has 24 heavy (non-hydrogen) atoms. The molecule has 122 valence electrons. The van der Waals surface area contributed by atoms with Crippen LogP contribution in [0.2, 0.25) is 0 Å². The number of aromatic nitrogens is 1. The normalized spacial score (nSPS) is 11.5. The predicted octanol–water partition coefficient (Wildman–Crippen LogP) is 2.74. The van der Waals surface area contributed by atoms with Gasteiger partial charge in [0.15, 0.2) is 6.29 Å². The van der Waals surface area contributed by atoms with Crippen molar-refractivity contribution in [2.45, 2.75) is 4.90 Å². The number of rotatable bonds is 4. The third kappa shape index (κ3) is 2.44. The summed E-state index contributed by atoms with van der Waals surface area (Å²) in [7, 11) is -4.08. The van der Waals surface area contributed by atoms with E-state index in [-0.39, 0.29) is 27.0 Å². The average molecular weight is 348 g/mol. The van der Waals surface area contributed by atoms with Gasteiger partial charge in [-0.15, -0.1) is 0 Å². The Morgan fingerprint density at radius 2 is 1.79 bits per heavy atom. The van der Waals surface area contributed by atoms with Gasteiger partial charge < -0.3 is 0 Å². The molecule has 0 radical (unpaired) electrons. The van der Waals surface area contributed by atoms with Gasteiger partial charge in [0.1, 0.15) is 5.82 Å². The van der Waals surface area contributed by atoms with E-state index in [0.717, 1.165) is 46.6 Å². The number of carbonyl (C=O) groups excluding carboxylic acids is 1. The van der Waals surface area contributed by atoms with Crippen molar-refractivity contribution in [3.05, 3.63) is 70.2 Å². The number of hydrogen-bond donors (Lipinski definition) is 0. The van der Waals surface area contributed by atoms with Gasteiger partial charge in [-0.25, -0.2) is 16.8 Å². The molecule has 3 rings (SSSR count). The number of nitrogens with zero attached hydrogens (tertiary/aromatic N) is 2. The predicted molar refractivity (Wildman–Crippen MR) is 83.0 cm³/mol. The quantitative estimate of drug-likeness (QED) is 0.410. The molecule has 7 nitrogen and oxygen atoms in total. The van der Waals surface area contributed by atoms with Crippen LogP contribution in [0.1, 0.15) is 10.4 Å². The number of carbonyl (C=O) groups is 1. The zero-order chi connectivity index (χ0) is 17.5. The van der Waals surface area contributed by atoms with E-state index in [1.807, 2.05) is 0 Å². The van der Waals surface area contributed by atoms with Crippen molar-refractivity contribution < 1.29 is 22.5 Å². The zero-order valence-electron chi connectivity index (χ0n) is 11.9. The third-order valence-electron chi connectivity index (χ3n) is 3.49. The lowest BCUT2D eigenvalue weighted by Gasteiger charge is -2.07. The summed E-state index contributed by atoms with van der Waals surface area (Å²) < 4.78 is 39.2. The summed E-state index contributed by atoms with van der Waals surface area (Å²) in [6, 6.07) is 7.74. The van der Waals surface area contributed by atoms with Crippen LogP contribution in [-0.4, -0.2) is 23.6 Å². The fraction of sp³-hybridized carbons (Fsp3) is 0. The molecule has 1 aromatic heterocycles. The van der Waals surface area contributed by atoms with Gasteiger partial charge in [-0.05, 0) is 30.3 Å². The summed E-state index contributed by atoms with van der Waals surface area (Å²) in [5.41, 5.74) is -0.144. The number of hydrogen-bond acceptors (Lipinski definition) is 5. The lowest BCUT2D eigenvalue weighted by atomic mass is 10.2. The Hall–Kier alpha value is -3.07. The molecule has 0 amide bonds. The first-order valence-electron chi connectivity index (χ1n) is 6.60. The maximum Gasteiger partial charge on any atom is 0.270 e. The van der Waals surface area contributed by atoms with Crippen LogP contribution < -0.4 is 0 Å². The molecule has 0 bridgehead atoms. The van der Waals surface area contributed by atoms with Crippen LogP contribution >= 0.6 is 0 Å². The van der Waals surface area contributed by atoms with Crippen molar-refractivity contribution in [3.63, 3.8) is 0 Å². The number of aldehydes is 1. The Balaban J connectivity index is 2.28. The van der Waals surface area contributed by atoms with Gasteiger partial charge in [0.2, 0.25) is 0 Å². The second-order valence-electron chi connectivity index (χ2n) is 4.92. The summed E-state index contributed by atoms with van der Waals surface area (Å²) in [6.07, 6.45) is 1.50. The molecule has 0 aliphatic heterocycles. The summed E-state index contributed by atoms with van der Waals surface area (Å²) in [5.74, 6) is -0.587. The molecule has 0 saturated carbocycles. The van der Waals surface area contributed by atoms with Gasteiger partial charge >= 0.3 is 0 Å². The molecule has 0 aliphatic rings. The Kier molecular flexibility index (Phi) is 3.64. The number of nitro benzene ring substituents is 1. The second-order valence-corrected chi connectivity index (χ2v) is 6.73. The number of fused-ring (bicyclic) bond motifs is 1. The highest BCUT2D eigenvalue weighted by Gasteiger charge is 2.22. The van der Waals surface area contributed by atoms with Gasteiger partial charge in [0.05, 0.1) is 15.3 Å². The molecule has 0 fully saturated rings. The summed E-state index contributed by atoms with van der Waals surface area (Å²) in [5, 5.41) is 11.0. The van der Waals surface area contributed by atoms with Crippen molar-refractivity contribution in [1.82, 2.24) is 3.97 Å². The van der Waals surface area contributed by atoms with E-state index in [1.165, 1.54) is 6.07 Å². The average Bonchev–Trinajstić information content (AvgIpc) is 2.93. The van der Waals surface area contributed by atoms with Crippen LogP contribution in [-0.2, 0) is 10.0 Å². The monoisotopic (exact) mass is 348 g/mol. The minimum Gasteiger partial charge on any atom is -0.298 e. The van der Waals surface area contributed by atoms with Gasteiger partial charge in [-0.1, -0.05) is 0 Å². The molecule has 0 aliphatic carbocycles. The Morgan fingerprint density at radius 1 is 1.12 bits per heavy atom. The number of halogens is 1. The molecule has 0 saturated heterocycles. The molecule has 9 heteroatoms. The first-order chi connectivity index (χ1) is 11.3. The van der Waals surface area contributed by atoms with Crippen LogP contribution in [0.5, 0.6) is 0 Å². The van der Waals surface area contributed by atoms with E-state index in [4.69, 9.17) is 0 Å². The van der Waals surface area contributed by atoms with E-state index in [9.17, 15) is 27.7 Å². The van der Waals surface area contributed by atoms with Crippen LogP contribution in [0.25, 0.3) is 10.9 Å². The minimum atomic E-state index is -4.08. The molecular formula is C15H9FN2O5S.